The van der Waals surface area contributed by atoms with Gasteiger partial charge in [-0.3, -0.25) is 4.98 Å². The molecule has 0 bridgehead atoms. The standard InChI is InChI=1S/C25H27N3/c1-2-23(19-11-8-16-26-17-19)28(20-12-4-3-5-13-20)25-21-14-6-9-18-10-7-15-22(27-25)24(18)21/h6-11,14-17,20,23H,2-5,12-13H2,1H3. The molecule has 0 radical (unpaired) electrons. The Balaban J connectivity index is 1.64. The molecule has 1 aromatic heterocycles. The molecule has 1 saturated carbocycles. The van der Waals surface area contributed by atoms with Crippen molar-refractivity contribution in [2.24, 2.45) is 4.99 Å². The molecule has 1 atom stereocenters. The third-order valence-electron chi connectivity index (χ3n) is 6.35. The van der Waals surface area contributed by atoms with Crippen LogP contribution in [0.2, 0.25) is 0 Å². The van der Waals surface area contributed by atoms with Crippen molar-refractivity contribution in [1.29, 1.82) is 0 Å². The molecule has 142 valence electrons. The maximum Gasteiger partial charge on any atom is 0.138 e. The minimum Gasteiger partial charge on any atom is -0.346 e. The van der Waals surface area contributed by atoms with Gasteiger partial charge in [-0.15, -0.1) is 0 Å². The summed E-state index contributed by atoms with van der Waals surface area (Å²) in [7, 11) is 0. The first-order valence-corrected chi connectivity index (χ1v) is 10.7. The molecule has 3 heteroatoms. The van der Waals surface area contributed by atoms with Crippen LogP contribution in [0.3, 0.4) is 0 Å². The molecule has 2 aromatic carbocycles. The average molecular weight is 370 g/mol. The molecule has 1 aliphatic heterocycles. The molecule has 3 aromatic rings. The average Bonchev–Trinajstić information content (AvgIpc) is 3.13. The van der Waals surface area contributed by atoms with E-state index in [1.807, 2.05) is 12.4 Å². The topological polar surface area (TPSA) is 28.5 Å². The second-order valence-corrected chi connectivity index (χ2v) is 8.03. The Bertz CT molecular complexity index is 997. The summed E-state index contributed by atoms with van der Waals surface area (Å²) in [6, 6.07) is 18.2. The Morgan fingerprint density at radius 2 is 1.82 bits per heavy atom. The highest BCUT2D eigenvalue weighted by Crippen LogP contribution is 2.41. The zero-order chi connectivity index (χ0) is 18.9. The predicted octanol–water partition coefficient (Wildman–Crippen LogP) is 6.41. The summed E-state index contributed by atoms with van der Waals surface area (Å²) in [5, 5.41) is 2.59. The SMILES string of the molecule is CCC(c1cccnc1)N(C1=Nc2cccc3cccc1c23)C1CCCCC1. The van der Waals surface area contributed by atoms with Crippen LogP contribution in [0, 0.1) is 0 Å². The first-order chi connectivity index (χ1) is 13.9. The molecule has 0 amide bonds. The summed E-state index contributed by atoms with van der Waals surface area (Å²) in [4.78, 5) is 12.3. The van der Waals surface area contributed by atoms with Gasteiger partial charge >= 0.3 is 0 Å². The van der Waals surface area contributed by atoms with Gasteiger partial charge in [0.1, 0.15) is 5.84 Å². The van der Waals surface area contributed by atoms with Crippen LogP contribution in [-0.2, 0) is 0 Å². The molecule has 2 heterocycles. The van der Waals surface area contributed by atoms with Gasteiger partial charge in [-0.05, 0) is 42.3 Å². The summed E-state index contributed by atoms with van der Waals surface area (Å²) in [5.41, 5.74) is 3.70. The fourth-order valence-electron chi connectivity index (χ4n) is 5.07. The summed E-state index contributed by atoms with van der Waals surface area (Å²) < 4.78 is 0. The predicted molar refractivity (Wildman–Crippen MR) is 116 cm³/mol. The molecule has 3 nitrogen and oxygen atoms in total. The minimum atomic E-state index is 0.306. The molecule has 1 aliphatic carbocycles. The summed E-state index contributed by atoms with van der Waals surface area (Å²) in [5.74, 6) is 1.16. The molecule has 5 rings (SSSR count). The zero-order valence-electron chi connectivity index (χ0n) is 16.5. The normalized spacial score (nSPS) is 17.5. The van der Waals surface area contributed by atoms with E-state index in [4.69, 9.17) is 4.99 Å². The minimum absolute atomic E-state index is 0.306. The van der Waals surface area contributed by atoms with Crippen molar-refractivity contribution in [2.45, 2.75) is 57.5 Å². The smallest absolute Gasteiger partial charge is 0.138 e. The van der Waals surface area contributed by atoms with Gasteiger partial charge in [-0.25, -0.2) is 4.99 Å². The van der Waals surface area contributed by atoms with Gasteiger partial charge in [0.15, 0.2) is 0 Å². The third-order valence-corrected chi connectivity index (χ3v) is 6.35. The molecule has 0 spiro atoms. The molecule has 1 fully saturated rings. The van der Waals surface area contributed by atoms with Crippen molar-refractivity contribution in [3.8, 4) is 0 Å². The van der Waals surface area contributed by atoms with Crippen molar-refractivity contribution in [2.75, 3.05) is 0 Å². The van der Waals surface area contributed by atoms with E-state index in [1.54, 1.807) is 0 Å². The Kier molecular flexibility index (Phi) is 4.59. The van der Waals surface area contributed by atoms with Crippen LogP contribution < -0.4 is 0 Å². The lowest BCUT2D eigenvalue weighted by Gasteiger charge is -2.41. The second-order valence-electron chi connectivity index (χ2n) is 8.03. The third kappa shape index (κ3) is 2.90. The molecule has 28 heavy (non-hydrogen) atoms. The molecule has 2 aliphatic rings. The van der Waals surface area contributed by atoms with Gasteiger partial charge in [0.2, 0.25) is 0 Å². The van der Waals surface area contributed by atoms with Gasteiger partial charge in [-0.2, -0.15) is 0 Å². The lowest BCUT2D eigenvalue weighted by molar-refractivity contribution is 0.187. The van der Waals surface area contributed by atoms with Crippen LogP contribution in [-0.4, -0.2) is 21.8 Å². The first-order valence-electron chi connectivity index (χ1n) is 10.7. The van der Waals surface area contributed by atoms with E-state index in [-0.39, 0.29) is 0 Å². The summed E-state index contributed by atoms with van der Waals surface area (Å²) in [6.07, 6.45) is 11.4. The van der Waals surface area contributed by atoms with Crippen LogP contribution in [0.25, 0.3) is 10.8 Å². The van der Waals surface area contributed by atoms with Crippen molar-refractivity contribution < 1.29 is 0 Å². The lowest BCUT2D eigenvalue weighted by atomic mass is 9.90. The van der Waals surface area contributed by atoms with Crippen LogP contribution >= 0.6 is 0 Å². The van der Waals surface area contributed by atoms with Crippen molar-refractivity contribution in [3.63, 3.8) is 0 Å². The van der Waals surface area contributed by atoms with Crippen molar-refractivity contribution in [1.82, 2.24) is 9.88 Å². The highest BCUT2D eigenvalue weighted by molar-refractivity contribution is 6.19. The maximum absolute atomic E-state index is 5.19. The van der Waals surface area contributed by atoms with Gasteiger partial charge in [0.25, 0.3) is 0 Å². The number of aliphatic imine (C=N–C) groups is 1. The van der Waals surface area contributed by atoms with E-state index < -0.39 is 0 Å². The van der Waals surface area contributed by atoms with Gasteiger partial charge < -0.3 is 4.90 Å². The molecule has 1 unspecified atom stereocenters. The lowest BCUT2D eigenvalue weighted by Crippen LogP contribution is -2.43. The number of amidine groups is 1. The zero-order valence-corrected chi connectivity index (χ0v) is 16.5. The van der Waals surface area contributed by atoms with E-state index in [0.717, 1.165) is 17.9 Å². The Morgan fingerprint density at radius 1 is 1.00 bits per heavy atom. The van der Waals surface area contributed by atoms with Gasteiger partial charge in [0.05, 0.1) is 11.7 Å². The van der Waals surface area contributed by atoms with E-state index in [1.165, 1.54) is 54.0 Å². The first kappa shape index (κ1) is 17.4. The van der Waals surface area contributed by atoms with Crippen molar-refractivity contribution in [3.05, 3.63) is 72.1 Å². The van der Waals surface area contributed by atoms with E-state index >= 15 is 0 Å². The van der Waals surface area contributed by atoms with E-state index in [2.05, 4.69) is 65.3 Å². The number of hydrogen-bond acceptors (Lipinski definition) is 3. The largest absolute Gasteiger partial charge is 0.346 e. The second kappa shape index (κ2) is 7.38. The Morgan fingerprint density at radius 3 is 2.57 bits per heavy atom. The number of rotatable bonds is 4. The number of nitrogens with zero attached hydrogens (tertiary/aromatic N) is 3. The molecular formula is C25H27N3. The fourth-order valence-corrected chi connectivity index (χ4v) is 5.07. The Labute approximate surface area is 167 Å². The van der Waals surface area contributed by atoms with Crippen molar-refractivity contribution >= 4 is 22.3 Å². The maximum atomic E-state index is 5.19. The van der Waals surface area contributed by atoms with Gasteiger partial charge in [0, 0.05) is 29.4 Å². The highest BCUT2D eigenvalue weighted by atomic mass is 15.2. The molecule has 0 N–H and O–H groups in total. The van der Waals surface area contributed by atoms with E-state index in [0.29, 0.717) is 12.1 Å². The summed E-state index contributed by atoms with van der Waals surface area (Å²) >= 11 is 0. The van der Waals surface area contributed by atoms with Crippen LogP contribution in [0.5, 0.6) is 0 Å². The van der Waals surface area contributed by atoms with E-state index in [9.17, 15) is 0 Å². The van der Waals surface area contributed by atoms with Crippen LogP contribution in [0.4, 0.5) is 5.69 Å². The summed E-state index contributed by atoms with van der Waals surface area (Å²) in [6.45, 7) is 2.29. The number of hydrogen-bond donors (Lipinski definition) is 0. The van der Waals surface area contributed by atoms with Crippen LogP contribution in [0.1, 0.15) is 62.6 Å². The quantitative estimate of drug-likeness (QED) is 0.531. The number of benzene rings is 2. The molecule has 0 saturated heterocycles. The number of aromatic nitrogens is 1. The monoisotopic (exact) mass is 369 g/mol. The fraction of sp³-hybridized carbons (Fsp3) is 0.360. The van der Waals surface area contributed by atoms with Gasteiger partial charge in [-0.1, -0.05) is 62.6 Å². The van der Waals surface area contributed by atoms with Crippen LogP contribution in [0.15, 0.2) is 65.9 Å². The molecular weight excluding hydrogens is 342 g/mol. The Hall–Kier alpha value is -2.68. The number of pyridine rings is 1. The highest BCUT2D eigenvalue weighted by Gasteiger charge is 2.34.